The van der Waals surface area contributed by atoms with Crippen LogP contribution >= 0.6 is 0 Å². The van der Waals surface area contributed by atoms with Crippen LogP contribution in [0.25, 0.3) is 10.9 Å². The monoisotopic (exact) mass is 410 g/mol. The number of benzene rings is 1. The van der Waals surface area contributed by atoms with Gasteiger partial charge < -0.3 is 15.0 Å². The van der Waals surface area contributed by atoms with Crippen LogP contribution in [0.5, 0.6) is 0 Å². The number of ether oxygens (including phenoxy) is 1. The summed E-state index contributed by atoms with van der Waals surface area (Å²) in [6.07, 6.45) is 3.76. The highest BCUT2D eigenvalue weighted by Gasteiger charge is 2.29. The number of carbonyl (C=O) groups excluding carboxylic acids is 2. The molecule has 0 bridgehead atoms. The Morgan fingerprint density at radius 1 is 1.13 bits per heavy atom. The standard InChI is InChI=1S/C23H30N4O3/c1-30-15-5-10-24-21(28)16-26-11-13-27(14-12-26)23(29)22-17-6-2-3-8-19(17)25-20-9-4-7-18(20)22/h2-3,6,8H,4-5,7,9-16H2,1H3,(H,24,28). The lowest BCUT2D eigenvalue weighted by Gasteiger charge is -2.34. The number of aryl methyl sites for hydroxylation is 1. The Morgan fingerprint density at radius 2 is 1.93 bits per heavy atom. The predicted octanol–water partition coefficient (Wildman–Crippen LogP) is 1.63. The average molecular weight is 411 g/mol. The molecule has 1 aromatic heterocycles. The van der Waals surface area contributed by atoms with E-state index in [1.807, 2.05) is 29.2 Å². The zero-order valence-electron chi connectivity index (χ0n) is 17.7. The van der Waals surface area contributed by atoms with E-state index in [1.54, 1.807) is 7.11 Å². The van der Waals surface area contributed by atoms with Gasteiger partial charge in [-0.1, -0.05) is 18.2 Å². The Kier molecular flexibility index (Phi) is 6.59. The number of nitrogens with zero attached hydrogens (tertiary/aromatic N) is 3. The van der Waals surface area contributed by atoms with Crippen LogP contribution in [0.2, 0.25) is 0 Å². The second-order valence-electron chi connectivity index (χ2n) is 8.05. The van der Waals surface area contributed by atoms with Crippen molar-refractivity contribution in [2.45, 2.75) is 25.7 Å². The maximum Gasteiger partial charge on any atom is 0.254 e. The van der Waals surface area contributed by atoms with Gasteiger partial charge in [-0.05, 0) is 37.3 Å². The van der Waals surface area contributed by atoms with Crippen LogP contribution in [0.15, 0.2) is 24.3 Å². The molecule has 2 heterocycles. The first-order chi connectivity index (χ1) is 14.7. The lowest BCUT2D eigenvalue weighted by Crippen LogP contribution is -2.51. The second-order valence-corrected chi connectivity index (χ2v) is 8.05. The summed E-state index contributed by atoms with van der Waals surface area (Å²) in [5.41, 5.74) is 3.97. The first-order valence-electron chi connectivity index (χ1n) is 10.8. The summed E-state index contributed by atoms with van der Waals surface area (Å²) in [7, 11) is 1.66. The summed E-state index contributed by atoms with van der Waals surface area (Å²) in [5, 5.41) is 3.88. The van der Waals surface area contributed by atoms with Crippen LogP contribution < -0.4 is 5.32 Å². The Bertz CT molecular complexity index is 922. The molecule has 1 N–H and O–H groups in total. The third-order valence-electron chi connectivity index (χ3n) is 6.01. The van der Waals surface area contributed by atoms with Crippen molar-refractivity contribution >= 4 is 22.7 Å². The van der Waals surface area contributed by atoms with Gasteiger partial charge in [0.25, 0.3) is 5.91 Å². The summed E-state index contributed by atoms with van der Waals surface area (Å²) < 4.78 is 5.00. The average Bonchev–Trinajstić information content (AvgIpc) is 3.23. The molecule has 7 nitrogen and oxygen atoms in total. The highest BCUT2D eigenvalue weighted by Crippen LogP contribution is 2.31. The minimum Gasteiger partial charge on any atom is -0.385 e. The number of pyridine rings is 1. The quantitative estimate of drug-likeness (QED) is 0.703. The molecule has 0 unspecified atom stereocenters. The Labute approximate surface area is 177 Å². The molecule has 7 heteroatoms. The van der Waals surface area contributed by atoms with Gasteiger partial charge in [0.1, 0.15) is 0 Å². The van der Waals surface area contributed by atoms with Gasteiger partial charge in [0.05, 0.1) is 17.6 Å². The molecule has 30 heavy (non-hydrogen) atoms. The van der Waals surface area contributed by atoms with Crippen LogP contribution in [-0.4, -0.2) is 79.6 Å². The Balaban J connectivity index is 1.39. The van der Waals surface area contributed by atoms with Gasteiger partial charge in [-0.25, -0.2) is 0 Å². The van der Waals surface area contributed by atoms with Crippen LogP contribution in [-0.2, 0) is 22.4 Å². The van der Waals surface area contributed by atoms with Crippen molar-refractivity contribution in [3.8, 4) is 0 Å². The molecule has 0 atom stereocenters. The number of rotatable bonds is 7. The van der Waals surface area contributed by atoms with Crippen molar-refractivity contribution in [3.05, 3.63) is 41.1 Å². The third-order valence-corrected chi connectivity index (χ3v) is 6.01. The van der Waals surface area contributed by atoms with Crippen molar-refractivity contribution in [2.24, 2.45) is 0 Å². The molecule has 0 saturated carbocycles. The van der Waals surface area contributed by atoms with Gasteiger partial charge in [0, 0.05) is 57.5 Å². The number of amides is 2. The number of carbonyl (C=O) groups is 2. The van der Waals surface area contributed by atoms with Gasteiger partial charge in [0.15, 0.2) is 0 Å². The zero-order chi connectivity index (χ0) is 20.9. The maximum absolute atomic E-state index is 13.5. The van der Waals surface area contributed by atoms with Crippen molar-refractivity contribution in [2.75, 3.05) is 53.0 Å². The SMILES string of the molecule is COCCCNC(=O)CN1CCN(C(=O)c2c3c(nc4ccccc24)CCC3)CC1. The van der Waals surface area contributed by atoms with Crippen LogP contribution in [0.4, 0.5) is 0 Å². The summed E-state index contributed by atoms with van der Waals surface area (Å²) in [6.45, 7) is 4.36. The summed E-state index contributed by atoms with van der Waals surface area (Å²) in [5.74, 6) is 0.138. The minimum absolute atomic E-state index is 0.0313. The molecule has 160 valence electrons. The van der Waals surface area contributed by atoms with Crippen LogP contribution in [0.1, 0.15) is 34.5 Å². The van der Waals surface area contributed by atoms with E-state index in [-0.39, 0.29) is 11.8 Å². The Morgan fingerprint density at radius 3 is 2.73 bits per heavy atom. The van der Waals surface area contributed by atoms with E-state index in [2.05, 4.69) is 10.2 Å². The van der Waals surface area contributed by atoms with E-state index in [9.17, 15) is 9.59 Å². The van der Waals surface area contributed by atoms with E-state index in [0.717, 1.165) is 53.4 Å². The number of piperazine rings is 1. The molecule has 1 aliphatic heterocycles. The van der Waals surface area contributed by atoms with Gasteiger partial charge in [0.2, 0.25) is 5.91 Å². The maximum atomic E-state index is 13.5. The normalized spacial score (nSPS) is 16.6. The molecule has 2 aromatic rings. The van der Waals surface area contributed by atoms with Crippen molar-refractivity contribution in [1.82, 2.24) is 20.1 Å². The van der Waals surface area contributed by atoms with E-state index in [1.165, 1.54) is 0 Å². The summed E-state index contributed by atoms with van der Waals surface area (Å²) in [4.78, 5) is 34.4. The number of fused-ring (bicyclic) bond motifs is 2. The van der Waals surface area contributed by atoms with Crippen LogP contribution in [0, 0.1) is 0 Å². The molecule has 0 radical (unpaired) electrons. The van der Waals surface area contributed by atoms with Crippen LogP contribution in [0.3, 0.4) is 0 Å². The molecule has 1 aliphatic carbocycles. The van der Waals surface area contributed by atoms with E-state index < -0.39 is 0 Å². The van der Waals surface area contributed by atoms with Gasteiger partial charge in [-0.2, -0.15) is 0 Å². The zero-order valence-corrected chi connectivity index (χ0v) is 17.7. The molecule has 2 amide bonds. The van der Waals surface area contributed by atoms with E-state index in [4.69, 9.17) is 9.72 Å². The number of hydrogen-bond donors (Lipinski definition) is 1. The predicted molar refractivity (Wildman–Crippen MR) is 116 cm³/mol. The largest absolute Gasteiger partial charge is 0.385 e. The van der Waals surface area contributed by atoms with Crippen molar-refractivity contribution < 1.29 is 14.3 Å². The van der Waals surface area contributed by atoms with Gasteiger partial charge >= 0.3 is 0 Å². The van der Waals surface area contributed by atoms with Gasteiger partial charge in [-0.3, -0.25) is 19.5 Å². The summed E-state index contributed by atoms with van der Waals surface area (Å²) in [6, 6.07) is 7.96. The molecule has 2 aliphatic rings. The highest BCUT2D eigenvalue weighted by molar-refractivity contribution is 6.07. The smallest absolute Gasteiger partial charge is 0.254 e. The molecule has 0 spiro atoms. The Hall–Kier alpha value is -2.51. The number of methoxy groups -OCH3 is 1. The summed E-state index contributed by atoms with van der Waals surface area (Å²) >= 11 is 0. The lowest BCUT2D eigenvalue weighted by atomic mass is 9.99. The topological polar surface area (TPSA) is 74.8 Å². The fraction of sp³-hybridized carbons (Fsp3) is 0.522. The minimum atomic E-state index is 0.0313. The molecule has 1 aromatic carbocycles. The number of aromatic nitrogens is 1. The lowest BCUT2D eigenvalue weighted by molar-refractivity contribution is -0.122. The third kappa shape index (κ3) is 4.47. The first kappa shape index (κ1) is 20.8. The fourth-order valence-corrected chi connectivity index (χ4v) is 4.43. The second kappa shape index (κ2) is 9.53. The molecular formula is C23H30N4O3. The number of nitrogens with one attached hydrogen (secondary N) is 1. The molecular weight excluding hydrogens is 380 g/mol. The van der Waals surface area contributed by atoms with E-state index >= 15 is 0 Å². The highest BCUT2D eigenvalue weighted by atomic mass is 16.5. The van der Waals surface area contributed by atoms with Crippen molar-refractivity contribution in [3.63, 3.8) is 0 Å². The molecule has 1 fully saturated rings. The number of para-hydroxylation sites is 1. The molecule has 1 saturated heterocycles. The fourth-order valence-electron chi connectivity index (χ4n) is 4.43. The number of hydrogen-bond acceptors (Lipinski definition) is 5. The molecule has 4 rings (SSSR count). The first-order valence-corrected chi connectivity index (χ1v) is 10.8. The van der Waals surface area contributed by atoms with Gasteiger partial charge in [-0.15, -0.1) is 0 Å². The van der Waals surface area contributed by atoms with E-state index in [0.29, 0.717) is 45.9 Å². The van der Waals surface area contributed by atoms with Crippen molar-refractivity contribution in [1.29, 1.82) is 0 Å².